The smallest absolute Gasteiger partial charge is 0.416 e. The second-order valence-corrected chi connectivity index (χ2v) is 7.24. The minimum atomic E-state index is -4.35. The van der Waals surface area contributed by atoms with Crippen LogP contribution in [0.1, 0.15) is 18.4 Å². The number of halogens is 3. The second kappa shape index (κ2) is 7.04. The minimum absolute atomic E-state index is 0.0926. The molecule has 2 aromatic carbocycles. The number of hydrogen-bond acceptors (Lipinski definition) is 4. The van der Waals surface area contributed by atoms with Gasteiger partial charge in [0.25, 0.3) is 0 Å². The highest BCUT2D eigenvalue weighted by Crippen LogP contribution is 2.43. The minimum Gasteiger partial charge on any atom is -0.469 e. The average molecular weight is 390 g/mol. The van der Waals surface area contributed by atoms with Crippen molar-refractivity contribution in [3.05, 3.63) is 54.1 Å². The third-order valence-electron chi connectivity index (χ3n) is 5.63. The van der Waals surface area contributed by atoms with Gasteiger partial charge in [0, 0.05) is 24.8 Å². The van der Waals surface area contributed by atoms with Gasteiger partial charge in [-0.1, -0.05) is 12.1 Å². The molecular formula is C21H21F3N2O2. The summed E-state index contributed by atoms with van der Waals surface area (Å²) in [6, 6.07) is 13.2. The van der Waals surface area contributed by atoms with E-state index in [4.69, 9.17) is 4.74 Å². The normalized spacial score (nSPS) is 21.7. The molecule has 2 aliphatic heterocycles. The third-order valence-corrected chi connectivity index (χ3v) is 5.63. The van der Waals surface area contributed by atoms with Gasteiger partial charge in [0.05, 0.1) is 30.0 Å². The Bertz CT molecular complexity index is 867. The maximum absolute atomic E-state index is 12.9. The van der Waals surface area contributed by atoms with Crippen LogP contribution in [0.25, 0.3) is 0 Å². The van der Waals surface area contributed by atoms with Crippen molar-refractivity contribution < 1.29 is 22.7 Å². The Kier molecular flexibility index (Phi) is 4.69. The summed E-state index contributed by atoms with van der Waals surface area (Å²) >= 11 is 0. The predicted molar refractivity (Wildman–Crippen MR) is 101 cm³/mol. The van der Waals surface area contributed by atoms with Crippen LogP contribution in [0.3, 0.4) is 0 Å². The summed E-state index contributed by atoms with van der Waals surface area (Å²) in [5, 5.41) is 0. The van der Waals surface area contributed by atoms with Gasteiger partial charge in [-0.3, -0.25) is 4.79 Å². The third kappa shape index (κ3) is 3.30. The van der Waals surface area contributed by atoms with E-state index in [9.17, 15) is 18.0 Å². The van der Waals surface area contributed by atoms with Crippen molar-refractivity contribution in [1.29, 1.82) is 0 Å². The highest BCUT2D eigenvalue weighted by atomic mass is 19.4. The summed E-state index contributed by atoms with van der Waals surface area (Å²) in [6.07, 6.45) is -2.96. The largest absolute Gasteiger partial charge is 0.469 e. The molecule has 2 aromatic rings. The molecule has 0 unspecified atom stereocenters. The van der Waals surface area contributed by atoms with Gasteiger partial charge in [0.15, 0.2) is 0 Å². The zero-order chi connectivity index (χ0) is 19.9. The summed E-state index contributed by atoms with van der Waals surface area (Å²) in [7, 11) is 1.40. The molecule has 0 aliphatic carbocycles. The van der Waals surface area contributed by atoms with Crippen LogP contribution < -0.4 is 9.80 Å². The molecule has 0 spiro atoms. The van der Waals surface area contributed by atoms with Gasteiger partial charge in [0.2, 0.25) is 0 Å². The average Bonchev–Trinajstić information content (AvgIpc) is 2.71. The highest BCUT2D eigenvalue weighted by Gasteiger charge is 2.38. The summed E-state index contributed by atoms with van der Waals surface area (Å²) in [5.41, 5.74) is 2.06. The van der Waals surface area contributed by atoms with E-state index in [1.165, 1.54) is 19.2 Å². The lowest BCUT2D eigenvalue weighted by Crippen LogP contribution is -2.52. The van der Waals surface area contributed by atoms with Crippen LogP contribution in [0.2, 0.25) is 0 Å². The van der Waals surface area contributed by atoms with Gasteiger partial charge in [-0.2, -0.15) is 13.2 Å². The maximum Gasteiger partial charge on any atom is 0.416 e. The molecule has 148 valence electrons. The Morgan fingerprint density at radius 3 is 2.39 bits per heavy atom. The number of methoxy groups -OCH3 is 1. The molecule has 0 aromatic heterocycles. The number of alkyl halides is 3. The zero-order valence-electron chi connectivity index (χ0n) is 15.4. The van der Waals surface area contributed by atoms with Crippen LogP contribution >= 0.6 is 0 Å². The van der Waals surface area contributed by atoms with Crippen molar-refractivity contribution in [2.24, 2.45) is 5.92 Å². The Morgan fingerprint density at radius 1 is 1.07 bits per heavy atom. The first kappa shape index (κ1) is 18.7. The first-order valence-electron chi connectivity index (χ1n) is 9.27. The van der Waals surface area contributed by atoms with Crippen LogP contribution in [0.5, 0.6) is 0 Å². The van der Waals surface area contributed by atoms with Crippen molar-refractivity contribution >= 4 is 23.0 Å². The number of anilines is 3. The number of esters is 1. The van der Waals surface area contributed by atoms with Gasteiger partial charge >= 0.3 is 12.1 Å². The molecule has 7 heteroatoms. The molecule has 2 aliphatic rings. The number of carbonyl (C=O) groups is 1. The van der Waals surface area contributed by atoms with E-state index in [1.54, 1.807) is 0 Å². The van der Waals surface area contributed by atoms with Crippen molar-refractivity contribution in [2.75, 3.05) is 30.0 Å². The zero-order valence-corrected chi connectivity index (χ0v) is 15.4. The second-order valence-electron chi connectivity index (χ2n) is 7.24. The number of rotatable bonds is 2. The number of ether oxygens (including phenoxy) is 1. The molecular weight excluding hydrogens is 369 g/mol. The Balaban J connectivity index is 1.67. The van der Waals surface area contributed by atoms with Gasteiger partial charge in [-0.25, -0.2) is 0 Å². The maximum atomic E-state index is 12.9. The SMILES string of the molecule is COC(=O)[C@@H]1CCN2c3ccccc3N(c3ccc(C(F)(F)F)cc3)C[C@@H]2C1. The van der Waals surface area contributed by atoms with E-state index in [0.717, 1.165) is 36.5 Å². The number of nitrogens with zero attached hydrogens (tertiary/aromatic N) is 2. The number of benzene rings is 2. The Morgan fingerprint density at radius 2 is 1.75 bits per heavy atom. The van der Waals surface area contributed by atoms with Gasteiger partial charge in [-0.15, -0.1) is 0 Å². The number of carbonyl (C=O) groups excluding carboxylic acids is 1. The van der Waals surface area contributed by atoms with Crippen molar-refractivity contribution in [3.8, 4) is 0 Å². The fraction of sp³-hybridized carbons (Fsp3) is 0.381. The molecule has 1 saturated heterocycles. The lowest BCUT2D eigenvalue weighted by Gasteiger charge is -2.48. The fourth-order valence-corrected chi connectivity index (χ4v) is 4.24. The predicted octanol–water partition coefficient (Wildman–Crippen LogP) is 4.62. The Hall–Kier alpha value is -2.70. The first-order valence-corrected chi connectivity index (χ1v) is 9.27. The molecule has 2 atom stereocenters. The standard InChI is InChI=1S/C21H21F3N2O2/c1-28-20(27)14-10-11-25-17(12-14)13-26(19-5-3-2-4-18(19)25)16-8-6-15(7-9-16)21(22,23)24/h2-9,14,17H,10-13H2,1H3/t14-,17+/m1/s1. The Labute approximate surface area is 161 Å². The van der Waals surface area contributed by atoms with E-state index < -0.39 is 11.7 Å². The molecule has 4 rings (SSSR count). The van der Waals surface area contributed by atoms with Crippen molar-refractivity contribution in [1.82, 2.24) is 0 Å². The fourth-order valence-electron chi connectivity index (χ4n) is 4.24. The topological polar surface area (TPSA) is 32.8 Å². The first-order chi connectivity index (χ1) is 13.4. The van der Waals surface area contributed by atoms with Crippen LogP contribution in [-0.2, 0) is 15.7 Å². The molecule has 0 bridgehead atoms. The highest BCUT2D eigenvalue weighted by molar-refractivity contribution is 5.81. The van der Waals surface area contributed by atoms with E-state index >= 15 is 0 Å². The van der Waals surface area contributed by atoms with Gasteiger partial charge in [-0.05, 0) is 49.2 Å². The van der Waals surface area contributed by atoms with Gasteiger partial charge < -0.3 is 14.5 Å². The molecule has 0 N–H and O–H groups in total. The van der Waals surface area contributed by atoms with E-state index in [2.05, 4.69) is 4.90 Å². The van der Waals surface area contributed by atoms with Crippen LogP contribution in [0.4, 0.5) is 30.2 Å². The summed E-state index contributed by atoms with van der Waals surface area (Å²) < 4.78 is 43.6. The van der Waals surface area contributed by atoms with Gasteiger partial charge in [0.1, 0.15) is 0 Å². The molecule has 4 nitrogen and oxygen atoms in total. The molecule has 0 radical (unpaired) electrons. The molecule has 2 heterocycles. The van der Waals surface area contributed by atoms with Crippen LogP contribution in [-0.4, -0.2) is 32.2 Å². The number of fused-ring (bicyclic) bond motifs is 3. The summed E-state index contributed by atoms with van der Waals surface area (Å²) in [5.74, 6) is -0.342. The lowest BCUT2D eigenvalue weighted by molar-refractivity contribution is -0.146. The molecule has 28 heavy (non-hydrogen) atoms. The molecule has 0 saturated carbocycles. The molecule has 0 amide bonds. The van der Waals surface area contributed by atoms with Crippen molar-refractivity contribution in [2.45, 2.75) is 25.1 Å². The van der Waals surface area contributed by atoms with E-state index in [-0.39, 0.29) is 17.9 Å². The van der Waals surface area contributed by atoms with E-state index in [0.29, 0.717) is 18.7 Å². The molecule has 1 fully saturated rings. The lowest BCUT2D eigenvalue weighted by atomic mass is 9.88. The number of hydrogen-bond donors (Lipinski definition) is 0. The number of para-hydroxylation sites is 2. The summed E-state index contributed by atoms with van der Waals surface area (Å²) in [4.78, 5) is 16.3. The van der Waals surface area contributed by atoms with Crippen LogP contribution in [0.15, 0.2) is 48.5 Å². The number of piperidine rings is 1. The van der Waals surface area contributed by atoms with E-state index in [1.807, 2.05) is 29.2 Å². The van der Waals surface area contributed by atoms with Crippen molar-refractivity contribution in [3.63, 3.8) is 0 Å². The quantitative estimate of drug-likeness (QED) is 0.701. The van der Waals surface area contributed by atoms with Crippen LogP contribution in [0, 0.1) is 5.92 Å². The summed E-state index contributed by atoms with van der Waals surface area (Å²) in [6.45, 7) is 1.36. The monoisotopic (exact) mass is 390 g/mol.